The second kappa shape index (κ2) is 5.94. The van der Waals surface area contributed by atoms with Gasteiger partial charge in [-0.05, 0) is 58.5 Å². The summed E-state index contributed by atoms with van der Waals surface area (Å²) in [6, 6.07) is 3.38. The summed E-state index contributed by atoms with van der Waals surface area (Å²) in [4.78, 5) is 3.95. The molecule has 0 bridgehead atoms. The first kappa shape index (κ1) is 16.5. The molecule has 124 valence electrons. The fraction of sp³-hybridized carbons (Fsp3) is 0.500. The van der Waals surface area contributed by atoms with Crippen LogP contribution < -0.4 is 4.74 Å². The summed E-state index contributed by atoms with van der Waals surface area (Å²) in [5, 5.41) is 7.16. The molecule has 1 N–H and O–H groups in total. The molecule has 0 amide bonds. The van der Waals surface area contributed by atoms with Gasteiger partial charge in [0.2, 0.25) is 5.88 Å². The van der Waals surface area contributed by atoms with Crippen molar-refractivity contribution in [2.75, 3.05) is 0 Å². The van der Waals surface area contributed by atoms with E-state index in [2.05, 4.69) is 42.8 Å². The van der Waals surface area contributed by atoms with Gasteiger partial charge in [-0.15, -0.1) is 0 Å². The first-order valence-electron chi connectivity index (χ1n) is 7.06. The molecule has 2 heterocycles. The molecule has 2 aromatic rings. The van der Waals surface area contributed by atoms with Crippen molar-refractivity contribution in [2.24, 2.45) is 13.0 Å². The van der Waals surface area contributed by atoms with Crippen LogP contribution in [0, 0.1) is 10.7 Å². The third-order valence-corrected chi connectivity index (χ3v) is 5.01. The molecule has 1 fully saturated rings. The van der Waals surface area contributed by atoms with Crippen LogP contribution in [-0.2, 0) is 12.5 Å². The highest BCUT2D eigenvalue weighted by Crippen LogP contribution is 2.52. The first-order valence-corrected chi connectivity index (χ1v) is 8.27. The van der Waals surface area contributed by atoms with E-state index in [1.807, 2.05) is 17.7 Å². The number of aromatic amines is 1. The number of nitrogens with one attached hydrogen (secondary N) is 1. The van der Waals surface area contributed by atoms with Crippen LogP contribution in [-0.4, -0.2) is 26.4 Å². The van der Waals surface area contributed by atoms with Crippen LogP contribution in [0.1, 0.15) is 31.2 Å². The number of halogens is 3. The van der Waals surface area contributed by atoms with Crippen LogP contribution in [0.4, 0.5) is 8.78 Å². The molecule has 23 heavy (non-hydrogen) atoms. The van der Waals surface area contributed by atoms with Gasteiger partial charge in [0.15, 0.2) is 4.77 Å². The fourth-order valence-electron chi connectivity index (χ4n) is 3.35. The van der Waals surface area contributed by atoms with Crippen LogP contribution in [0.25, 0.3) is 0 Å². The highest BCUT2D eigenvalue weighted by atomic mass is 79.9. The van der Waals surface area contributed by atoms with Gasteiger partial charge in [0, 0.05) is 13.1 Å². The van der Waals surface area contributed by atoms with Crippen molar-refractivity contribution in [1.82, 2.24) is 19.7 Å². The summed E-state index contributed by atoms with van der Waals surface area (Å²) in [6.45, 7) is -0.770. The molecule has 0 saturated heterocycles. The number of hydrogen-bond acceptors (Lipinski definition) is 4. The topological polar surface area (TPSA) is 55.7 Å². The monoisotopic (exact) mass is 404 g/mol. The summed E-state index contributed by atoms with van der Waals surface area (Å²) in [5.74, 6) is 1.19. The van der Waals surface area contributed by atoms with E-state index in [1.54, 1.807) is 6.07 Å². The van der Waals surface area contributed by atoms with E-state index in [9.17, 15) is 8.78 Å². The summed E-state index contributed by atoms with van der Waals surface area (Å²) in [5.41, 5.74) is 0.457. The molecule has 0 aromatic carbocycles. The van der Waals surface area contributed by atoms with Gasteiger partial charge in [-0.2, -0.15) is 13.9 Å². The Kier molecular flexibility index (Phi) is 4.26. The van der Waals surface area contributed by atoms with Crippen LogP contribution in [0.5, 0.6) is 5.88 Å². The molecule has 3 rings (SSSR count). The highest BCUT2D eigenvalue weighted by molar-refractivity contribution is 9.10. The van der Waals surface area contributed by atoms with Crippen molar-refractivity contribution in [3.05, 3.63) is 32.9 Å². The zero-order valence-electron chi connectivity index (χ0n) is 12.5. The minimum atomic E-state index is -2.92. The van der Waals surface area contributed by atoms with Gasteiger partial charge in [0.25, 0.3) is 0 Å². The third-order valence-electron chi connectivity index (χ3n) is 4.23. The lowest BCUT2D eigenvalue weighted by Gasteiger charge is -2.46. The van der Waals surface area contributed by atoms with Crippen molar-refractivity contribution in [1.29, 1.82) is 0 Å². The minimum absolute atomic E-state index is 0.111. The van der Waals surface area contributed by atoms with Crippen molar-refractivity contribution in [3.8, 4) is 5.88 Å². The Morgan fingerprint density at radius 3 is 2.70 bits per heavy atom. The Morgan fingerprint density at radius 1 is 1.48 bits per heavy atom. The van der Waals surface area contributed by atoms with Gasteiger partial charge >= 0.3 is 6.61 Å². The van der Waals surface area contributed by atoms with E-state index >= 15 is 0 Å². The molecule has 9 heteroatoms. The molecule has 1 aliphatic rings. The number of rotatable bonds is 4. The van der Waals surface area contributed by atoms with Gasteiger partial charge in [0.1, 0.15) is 10.4 Å². The average molecular weight is 405 g/mol. The molecule has 0 spiro atoms. The molecule has 0 unspecified atom stereocenters. The van der Waals surface area contributed by atoms with Crippen LogP contribution in [0.2, 0.25) is 0 Å². The predicted molar refractivity (Wildman–Crippen MR) is 86.1 cm³/mol. The van der Waals surface area contributed by atoms with Crippen LogP contribution in [0.15, 0.2) is 16.7 Å². The normalized spacial score (nSPS) is 23.8. The minimum Gasteiger partial charge on any atom is -0.417 e. The van der Waals surface area contributed by atoms with Gasteiger partial charge in [-0.1, -0.05) is 6.92 Å². The van der Waals surface area contributed by atoms with E-state index in [4.69, 9.17) is 12.2 Å². The quantitative estimate of drug-likeness (QED) is 0.618. The number of nitrogens with zero attached hydrogens (tertiary/aromatic N) is 3. The smallest absolute Gasteiger partial charge is 0.388 e. The summed E-state index contributed by atoms with van der Waals surface area (Å²) in [7, 11) is 1.85. The predicted octanol–water partition coefficient (Wildman–Crippen LogP) is 3.95. The maximum Gasteiger partial charge on any atom is 0.388 e. The Balaban J connectivity index is 2.11. The maximum absolute atomic E-state index is 12.5. The Hall–Kier alpha value is -1.35. The largest absolute Gasteiger partial charge is 0.417 e. The van der Waals surface area contributed by atoms with Crippen molar-refractivity contribution >= 4 is 28.1 Å². The lowest BCUT2D eigenvalue weighted by molar-refractivity contribution is -0.0531. The van der Waals surface area contributed by atoms with E-state index in [1.165, 1.54) is 0 Å². The third kappa shape index (κ3) is 2.91. The van der Waals surface area contributed by atoms with Crippen LogP contribution in [0.3, 0.4) is 0 Å². The van der Waals surface area contributed by atoms with E-state index in [0.29, 0.717) is 15.3 Å². The lowest BCUT2D eigenvalue weighted by Crippen LogP contribution is -2.43. The number of ether oxygens (including phenoxy) is 1. The molecule has 2 aromatic heterocycles. The molecular formula is C14H15BrF2N4OS. The van der Waals surface area contributed by atoms with Crippen molar-refractivity contribution in [3.63, 3.8) is 0 Å². The molecule has 5 nitrogen and oxygen atoms in total. The van der Waals surface area contributed by atoms with E-state index in [-0.39, 0.29) is 11.3 Å². The molecule has 0 radical (unpaired) electrons. The second-order valence-electron chi connectivity index (χ2n) is 5.90. The van der Waals surface area contributed by atoms with Gasteiger partial charge in [-0.3, -0.25) is 5.10 Å². The number of aromatic nitrogens is 4. The fourth-order valence-corrected chi connectivity index (χ4v) is 3.91. The lowest BCUT2D eigenvalue weighted by atomic mass is 9.58. The standard InChI is InChI=1S/C14H15BrF2N4OS/c1-7-5-14(6-7,11-19-20-13(23)21(11)2)8-3-9(15)18-10(4-8)22-12(16)17/h3-4,7,12H,5-6H2,1-2H3,(H,20,23). The summed E-state index contributed by atoms with van der Waals surface area (Å²) in [6.07, 6.45) is 1.70. The van der Waals surface area contributed by atoms with Crippen LogP contribution >= 0.6 is 28.1 Å². The van der Waals surface area contributed by atoms with Gasteiger partial charge in [-0.25, -0.2) is 4.98 Å². The Morgan fingerprint density at radius 2 is 2.17 bits per heavy atom. The number of pyridine rings is 1. The van der Waals surface area contributed by atoms with Crippen molar-refractivity contribution in [2.45, 2.75) is 31.8 Å². The summed E-state index contributed by atoms with van der Waals surface area (Å²) >= 11 is 8.47. The molecule has 1 saturated carbocycles. The molecule has 1 aliphatic carbocycles. The van der Waals surface area contributed by atoms with Gasteiger partial charge in [0.05, 0.1) is 5.41 Å². The number of H-pyrrole nitrogens is 1. The zero-order chi connectivity index (χ0) is 16.8. The zero-order valence-corrected chi connectivity index (χ0v) is 14.9. The first-order chi connectivity index (χ1) is 10.8. The van der Waals surface area contributed by atoms with Gasteiger partial charge < -0.3 is 9.30 Å². The average Bonchev–Trinajstić information content (AvgIpc) is 2.74. The molecular weight excluding hydrogens is 390 g/mol. The number of hydrogen-bond donors (Lipinski definition) is 1. The SMILES string of the molecule is CC1CC(c2cc(Br)nc(OC(F)F)c2)(c2n[nH]c(=S)n2C)C1. The number of alkyl halides is 2. The Labute approximate surface area is 145 Å². The van der Waals surface area contributed by atoms with Crippen molar-refractivity contribution < 1.29 is 13.5 Å². The summed E-state index contributed by atoms with van der Waals surface area (Å²) < 4.78 is 32.3. The molecule has 0 aliphatic heterocycles. The maximum atomic E-state index is 12.5. The Bertz CT molecular complexity index is 785. The second-order valence-corrected chi connectivity index (χ2v) is 7.10. The van der Waals surface area contributed by atoms with E-state index in [0.717, 1.165) is 24.2 Å². The molecule has 0 atom stereocenters. The van der Waals surface area contributed by atoms with E-state index < -0.39 is 6.61 Å². The highest BCUT2D eigenvalue weighted by Gasteiger charge is 2.48.